The van der Waals surface area contributed by atoms with Gasteiger partial charge in [-0.25, -0.2) is 4.79 Å². The molecule has 0 saturated carbocycles. The summed E-state index contributed by atoms with van der Waals surface area (Å²) in [6.07, 6.45) is 0. The van der Waals surface area contributed by atoms with Crippen molar-refractivity contribution in [1.29, 1.82) is 0 Å². The van der Waals surface area contributed by atoms with E-state index < -0.39 is 6.03 Å². The van der Waals surface area contributed by atoms with Gasteiger partial charge in [-0.3, -0.25) is 4.79 Å². The lowest BCUT2D eigenvalue weighted by atomic mass is 10.1. The number of urea groups is 1. The Kier molecular flexibility index (Phi) is 3.66. The van der Waals surface area contributed by atoms with Crippen LogP contribution in [0.25, 0.3) is 0 Å². The fourth-order valence-corrected chi connectivity index (χ4v) is 1.68. The zero-order valence-corrected chi connectivity index (χ0v) is 9.83. The van der Waals surface area contributed by atoms with Crippen LogP contribution in [0.4, 0.5) is 4.79 Å². The number of ether oxygens (including phenoxy) is 1. The average molecular weight is 249 g/mol. The lowest BCUT2D eigenvalue weighted by molar-refractivity contribution is -0.124. The number of carbonyl (C=O) groups excluding carboxylic acids is 2. The molecule has 0 radical (unpaired) electrons. The molecule has 3 N–H and O–H groups in total. The Balaban J connectivity index is 1.66. The van der Waals surface area contributed by atoms with E-state index in [9.17, 15) is 9.59 Å². The summed E-state index contributed by atoms with van der Waals surface area (Å²) in [5, 5.41) is 2.76. The van der Waals surface area contributed by atoms with Crippen LogP contribution in [0.3, 0.4) is 0 Å². The third-order valence-electron chi connectivity index (χ3n) is 2.67. The molecule has 6 heteroatoms. The Labute approximate surface area is 105 Å². The largest absolute Gasteiger partial charge is 0.484 e. The summed E-state index contributed by atoms with van der Waals surface area (Å²) in [6.45, 7) is 0.899. The third kappa shape index (κ3) is 3.13. The van der Waals surface area contributed by atoms with E-state index in [1.165, 1.54) is 4.90 Å². The number of para-hydroxylation sites is 1. The smallest absolute Gasteiger partial charge is 0.314 e. The minimum atomic E-state index is -0.457. The number of hydrogen-bond donors (Lipinski definition) is 2. The first-order valence-electron chi connectivity index (χ1n) is 5.67. The predicted molar refractivity (Wildman–Crippen MR) is 65.0 cm³/mol. The lowest BCUT2D eigenvalue weighted by Gasteiger charge is -2.38. The summed E-state index contributed by atoms with van der Waals surface area (Å²) < 4.78 is 5.29. The molecule has 3 amide bonds. The van der Waals surface area contributed by atoms with Gasteiger partial charge in [0.1, 0.15) is 5.75 Å². The first-order chi connectivity index (χ1) is 8.65. The molecule has 0 aliphatic carbocycles. The predicted octanol–water partition coefficient (Wildman–Crippen LogP) is -0.0555. The van der Waals surface area contributed by atoms with E-state index in [-0.39, 0.29) is 18.6 Å². The van der Waals surface area contributed by atoms with Gasteiger partial charge < -0.3 is 20.7 Å². The minimum absolute atomic E-state index is 0.0237. The van der Waals surface area contributed by atoms with Gasteiger partial charge in [0.05, 0.1) is 6.04 Å². The van der Waals surface area contributed by atoms with Crippen molar-refractivity contribution >= 4 is 11.9 Å². The van der Waals surface area contributed by atoms with Gasteiger partial charge in [0, 0.05) is 13.1 Å². The Morgan fingerprint density at radius 2 is 2.00 bits per heavy atom. The van der Waals surface area contributed by atoms with Gasteiger partial charge in [-0.2, -0.15) is 0 Å². The molecule has 18 heavy (non-hydrogen) atoms. The van der Waals surface area contributed by atoms with Crippen LogP contribution < -0.4 is 15.8 Å². The van der Waals surface area contributed by atoms with E-state index in [1.807, 2.05) is 18.2 Å². The number of rotatable bonds is 4. The standard InChI is InChI=1S/C12H15N3O3/c13-12(17)15-6-9(7-15)14-11(16)8-18-10-4-2-1-3-5-10/h1-5,9H,6-8H2,(H2,13,17)(H,14,16). The maximum atomic E-state index is 11.5. The maximum absolute atomic E-state index is 11.5. The summed E-state index contributed by atoms with van der Waals surface area (Å²) in [5.74, 6) is 0.452. The monoisotopic (exact) mass is 249 g/mol. The molecule has 0 aromatic heterocycles. The number of hydrogen-bond acceptors (Lipinski definition) is 3. The second kappa shape index (κ2) is 5.39. The van der Waals surface area contributed by atoms with E-state index in [1.54, 1.807) is 12.1 Å². The van der Waals surface area contributed by atoms with Crippen molar-refractivity contribution in [3.8, 4) is 5.75 Å². The maximum Gasteiger partial charge on any atom is 0.314 e. The second-order valence-corrected chi connectivity index (χ2v) is 4.11. The second-order valence-electron chi connectivity index (χ2n) is 4.11. The molecule has 1 aromatic rings. The van der Waals surface area contributed by atoms with Crippen molar-refractivity contribution in [2.45, 2.75) is 6.04 Å². The number of primary amides is 1. The van der Waals surface area contributed by atoms with Crippen LogP contribution in [-0.2, 0) is 4.79 Å². The van der Waals surface area contributed by atoms with Crippen LogP contribution in [0.2, 0.25) is 0 Å². The normalized spacial score (nSPS) is 14.8. The topological polar surface area (TPSA) is 84.7 Å². The molecule has 1 aliphatic heterocycles. The molecule has 0 spiro atoms. The minimum Gasteiger partial charge on any atom is -0.484 e. The first-order valence-corrected chi connectivity index (χ1v) is 5.67. The van der Waals surface area contributed by atoms with Crippen molar-refractivity contribution in [3.05, 3.63) is 30.3 Å². The van der Waals surface area contributed by atoms with Crippen molar-refractivity contribution in [2.24, 2.45) is 5.73 Å². The number of likely N-dealkylation sites (tertiary alicyclic amines) is 1. The molecular weight excluding hydrogens is 234 g/mol. The Bertz CT molecular complexity index is 429. The fraction of sp³-hybridized carbons (Fsp3) is 0.333. The summed E-state index contributed by atoms with van der Waals surface area (Å²) in [6, 6.07) is 8.63. The molecule has 6 nitrogen and oxygen atoms in total. The molecule has 0 atom stereocenters. The number of benzene rings is 1. The highest BCUT2D eigenvalue weighted by atomic mass is 16.5. The molecule has 96 valence electrons. The Morgan fingerprint density at radius 1 is 1.33 bits per heavy atom. The molecule has 1 fully saturated rings. The Hall–Kier alpha value is -2.24. The molecule has 2 rings (SSSR count). The molecule has 1 aliphatic rings. The van der Waals surface area contributed by atoms with Gasteiger partial charge in [-0.1, -0.05) is 18.2 Å². The van der Waals surface area contributed by atoms with Crippen LogP contribution in [0.5, 0.6) is 5.75 Å². The van der Waals surface area contributed by atoms with Crippen LogP contribution in [0.1, 0.15) is 0 Å². The van der Waals surface area contributed by atoms with Crippen molar-refractivity contribution in [3.63, 3.8) is 0 Å². The molecule has 1 heterocycles. The number of nitrogens with one attached hydrogen (secondary N) is 1. The van der Waals surface area contributed by atoms with E-state index in [2.05, 4.69) is 5.32 Å². The van der Waals surface area contributed by atoms with Crippen molar-refractivity contribution in [2.75, 3.05) is 19.7 Å². The lowest BCUT2D eigenvalue weighted by Crippen LogP contribution is -2.62. The van der Waals surface area contributed by atoms with Gasteiger partial charge >= 0.3 is 6.03 Å². The van der Waals surface area contributed by atoms with Gasteiger partial charge in [0.15, 0.2) is 6.61 Å². The summed E-state index contributed by atoms with van der Waals surface area (Å²) in [5.41, 5.74) is 5.08. The van der Waals surface area contributed by atoms with Crippen molar-refractivity contribution < 1.29 is 14.3 Å². The number of nitrogens with zero attached hydrogens (tertiary/aromatic N) is 1. The molecule has 1 saturated heterocycles. The van der Waals surface area contributed by atoms with Crippen LogP contribution in [-0.4, -0.2) is 42.6 Å². The third-order valence-corrected chi connectivity index (χ3v) is 2.67. The van der Waals surface area contributed by atoms with Crippen LogP contribution >= 0.6 is 0 Å². The van der Waals surface area contributed by atoms with E-state index >= 15 is 0 Å². The van der Waals surface area contributed by atoms with E-state index in [0.717, 1.165) is 0 Å². The molecule has 1 aromatic carbocycles. The van der Waals surface area contributed by atoms with Gasteiger partial charge in [-0.15, -0.1) is 0 Å². The first kappa shape index (κ1) is 12.2. The van der Waals surface area contributed by atoms with Gasteiger partial charge in [0.25, 0.3) is 5.91 Å². The Morgan fingerprint density at radius 3 is 2.61 bits per heavy atom. The highest BCUT2D eigenvalue weighted by Gasteiger charge is 2.30. The summed E-state index contributed by atoms with van der Waals surface area (Å²) in [7, 11) is 0. The van der Waals surface area contributed by atoms with Gasteiger partial charge in [0.2, 0.25) is 0 Å². The number of carbonyl (C=O) groups is 2. The molecule has 0 unspecified atom stereocenters. The SMILES string of the molecule is NC(=O)N1CC(NC(=O)COc2ccccc2)C1. The quantitative estimate of drug-likeness (QED) is 0.784. The van der Waals surface area contributed by atoms with Crippen LogP contribution in [0, 0.1) is 0 Å². The zero-order chi connectivity index (χ0) is 13.0. The van der Waals surface area contributed by atoms with Crippen molar-refractivity contribution in [1.82, 2.24) is 10.2 Å². The van der Waals surface area contributed by atoms with Gasteiger partial charge in [-0.05, 0) is 12.1 Å². The summed E-state index contributed by atoms with van der Waals surface area (Å²) in [4.78, 5) is 23.7. The molecule has 0 bridgehead atoms. The average Bonchev–Trinajstić information content (AvgIpc) is 2.31. The van der Waals surface area contributed by atoms with E-state index in [0.29, 0.717) is 18.8 Å². The molecular formula is C12H15N3O3. The highest BCUT2D eigenvalue weighted by Crippen LogP contribution is 2.09. The summed E-state index contributed by atoms with van der Waals surface area (Å²) >= 11 is 0. The number of nitrogens with two attached hydrogens (primary N) is 1. The highest BCUT2D eigenvalue weighted by molar-refractivity contribution is 5.79. The number of amides is 3. The van der Waals surface area contributed by atoms with Crippen LogP contribution in [0.15, 0.2) is 30.3 Å². The zero-order valence-electron chi connectivity index (χ0n) is 9.83. The fourth-order valence-electron chi connectivity index (χ4n) is 1.68. The van der Waals surface area contributed by atoms with E-state index in [4.69, 9.17) is 10.5 Å².